The summed E-state index contributed by atoms with van der Waals surface area (Å²) in [6, 6.07) is 5.57. The van der Waals surface area contributed by atoms with E-state index in [1.807, 2.05) is 25.1 Å². The van der Waals surface area contributed by atoms with Gasteiger partial charge in [-0.15, -0.1) is 0 Å². The van der Waals surface area contributed by atoms with Gasteiger partial charge in [0.1, 0.15) is 11.5 Å². The molecule has 1 rings (SSSR count). The number of ether oxygens (including phenoxy) is 2. The van der Waals surface area contributed by atoms with Crippen molar-refractivity contribution in [2.75, 3.05) is 18.9 Å². The molecule has 1 aromatic rings. The lowest BCUT2D eigenvalue weighted by Gasteiger charge is -2.10. The van der Waals surface area contributed by atoms with Crippen molar-refractivity contribution in [3.8, 4) is 11.5 Å². The van der Waals surface area contributed by atoms with Crippen LogP contribution in [0.2, 0.25) is 0 Å². The highest BCUT2D eigenvalue weighted by Crippen LogP contribution is 2.24. The topological polar surface area (TPSA) is 44.5 Å². The second-order valence-electron chi connectivity index (χ2n) is 4.79. The number of benzene rings is 1. The summed E-state index contributed by atoms with van der Waals surface area (Å²) < 4.78 is 11.2. The van der Waals surface area contributed by atoms with E-state index >= 15 is 0 Å². The van der Waals surface area contributed by atoms with E-state index < -0.39 is 0 Å². The molecule has 0 aliphatic heterocycles. The molecule has 0 fully saturated rings. The van der Waals surface area contributed by atoms with Gasteiger partial charge in [0, 0.05) is 23.9 Å². The maximum Gasteiger partial charge on any atom is 0.125 e. The molecule has 0 spiro atoms. The van der Waals surface area contributed by atoms with E-state index in [-0.39, 0.29) is 0 Å². The van der Waals surface area contributed by atoms with E-state index in [0.29, 0.717) is 12.3 Å². The van der Waals surface area contributed by atoms with Crippen molar-refractivity contribution >= 4 is 5.69 Å². The molecular weight excluding hydrogens is 238 g/mol. The normalized spacial score (nSPS) is 10.4. The molecule has 0 heterocycles. The van der Waals surface area contributed by atoms with Crippen LogP contribution in [-0.4, -0.2) is 13.2 Å². The Morgan fingerprint density at radius 3 is 2.16 bits per heavy atom. The van der Waals surface area contributed by atoms with Crippen LogP contribution in [0, 0.1) is 0 Å². The van der Waals surface area contributed by atoms with Crippen LogP contribution in [-0.2, 0) is 0 Å². The molecule has 3 heteroatoms. The summed E-state index contributed by atoms with van der Waals surface area (Å²) in [5.41, 5.74) is 6.50. The molecule has 0 unspecified atom stereocenters. The first kappa shape index (κ1) is 15.7. The first-order chi connectivity index (χ1) is 9.26. The maximum atomic E-state index is 5.81. The van der Waals surface area contributed by atoms with Crippen molar-refractivity contribution in [1.29, 1.82) is 0 Å². The minimum Gasteiger partial charge on any atom is -0.494 e. The quantitative estimate of drug-likeness (QED) is 0.503. The number of nitrogens with two attached hydrogens (primary N) is 1. The molecule has 19 heavy (non-hydrogen) atoms. The summed E-state index contributed by atoms with van der Waals surface area (Å²) >= 11 is 0. The van der Waals surface area contributed by atoms with E-state index in [1.54, 1.807) is 0 Å². The second-order valence-corrected chi connectivity index (χ2v) is 4.79. The van der Waals surface area contributed by atoms with Gasteiger partial charge in [-0.25, -0.2) is 0 Å². The second kappa shape index (κ2) is 9.54. The van der Waals surface area contributed by atoms with Crippen LogP contribution in [0.25, 0.3) is 0 Å². The average Bonchev–Trinajstić information content (AvgIpc) is 2.37. The number of anilines is 1. The fraction of sp³-hybridized carbons (Fsp3) is 0.625. The summed E-state index contributed by atoms with van der Waals surface area (Å²) in [6.07, 6.45) is 7.61. The predicted molar refractivity (Wildman–Crippen MR) is 80.9 cm³/mol. The van der Waals surface area contributed by atoms with Gasteiger partial charge in [0.2, 0.25) is 0 Å². The van der Waals surface area contributed by atoms with Gasteiger partial charge in [-0.05, 0) is 13.3 Å². The largest absolute Gasteiger partial charge is 0.494 e. The van der Waals surface area contributed by atoms with Gasteiger partial charge in [0.05, 0.1) is 13.2 Å². The number of hydrogen-bond donors (Lipinski definition) is 1. The lowest BCUT2D eigenvalue weighted by Crippen LogP contribution is -1.99. The molecule has 108 valence electrons. The molecular formula is C16H27NO2. The van der Waals surface area contributed by atoms with Crippen LogP contribution in [0.15, 0.2) is 18.2 Å². The first-order valence-electron chi connectivity index (χ1n) is 7.42. The van der Waals surface area contributed by atoms with Gasteiger partial charge in [0.15, 0.2) is 0 Å². The third kappa shape index (κ3) is 6.94. The van der Waals surface area contributed by atoms with E-state index in [2.05, 4.69) is 6.92 Å². The molecule has 0 amide bonds. The zero-order valence-corrected chi connectivity index (χ0v) is 12.3. The lowest BCUT2D eigenvalue weighted by molar-refractivity contribution is 0.299. The third-order valence-electron chi connectivity index (χ3n) is 2.98. The van der Waals surface area contributed by atoms with Gasteiger partial charge in [0.25, 0.3) is 0 Å². The van der Waals surface area contributed by atoms with Crippen LogP contribution in [0.5, 0.6) is 11.5 Å². The third-order valence-corrected chi connectivity index (χ3v) is 2.98. The van der Waals surface area contributed by atoms with E-state index in [9.17, 15) is 0 Å². The highest BCUT2D eigenvalue weighted by molar-refractivity contribution is 5.50. The SMILES string of the molecule is CCCCCCCCOc1cc(N)cc(OCC)c1. The molecule has 1 aromatic carbocycles. The number of unbranched alkanes of at least 4 members (excludes halogenated alkanes) is 5. The molecule has 0 bridgehead atoms. The van der Waals surface area contributed by atoms with Gasteiger partial charge < -0.3 is 15.2 Å². The van der Waals surface area contributed by atoms with Crippen molar-refractivity contribution in [1.82, 2.24) is 0 Å². The van der Waals surface area contributed by atoms with Gasteiger partial charge in [-0.3, -0.25) is 0 Å². The van der Waals surface area contributed by atoms with Crippen molar-refractivity contribution in [3.63, 3.8) is 0 Å². The Morgan fingerprint density at radius 2 is 1.47 bits per heavy atom. The Kier molecular flexibility index (Phi) is 7.87. The van der Waals surface area contributed by atoms with Gasteiger partial charge in [-0.2, -0.15) is 0 Å². The Morgan fingerprint density at radius 1 is 0.842 bits per heavy atom. The Bertz CT molecular complexity index is 353. The first-order valence-corrected chi connectivity index (χ1v) is 7.42. The molecule has 0 atom stereocenters. The van der Waals surface area contributed by atoms with Crippen molar-refractivity contribution in [2.45, 2.75) is 52.4 Å². The average molecular weight is 265 g/mol. The van der Waals surface area contributed by atoms with E-state index in [1.165, 1.54) is 32.1 Å². The molecule has 0 radical (unpaired) electrons. The maximum absolute atomic E-state index is 5.81. The summed E-state index contributed by atoms with van der Waals surface area (Å²) in [4.78, 5) is 0. The van der Waals surface area contributed by atoms with Crippen LogP contribution < -0.4 is 15.2 Å². The number of hydrogen-bond acceptors (Lipinski definition) is 3. The van der Waals surface area contributed by atoms with E-state index in [0.717, 1.165) is 24.5 Å². The van der Waals surface area contributed by atoms with Crippen LogP contribution in [0.1, 0.15) is 52.4 Å². The van der Waals surface area contributed by atoms with Crippen LogP contribution >= 0.6 is 0 Å². The van der Waals surface area contributed by atoms with Crippen LogP contribution in [0.3, 0.4) is 0 Å². The number of nitrogen functional groups attached to an aromatic ring is 1. The smallest absolute Gasteiger partial charge is 0.125 e. The lowest BCUT2D eigenvalue weighted by atomic mass is 10.1. The van der Waals surface area contributed by atoms with Gasteiger partial charge in [-0.1, -0.05) is 39.0 Å². The fourth-order valence-corrected chi connectivity index (χ4v) is 2.00. The summed E-state index contributed by atoms with van der Waals surface area (Å²) in [5.74, 6) is 1.58. The standard InChI is InChI=1S/C16H27NO2/c1-3-5-6-7-8-9-10-19-16-12-14(17)11-15(13-16)18-4-2/h11-13H,3-10,17H2,1-2H3. The Labute approximate surface area is 117 Å². The highest BCUT2D eigenvalue weighted by Gasteiger charge is 2.01. The molecule has 0 aliphatic rings. The molecule has 0 aliphatic carbocycles. The monoisotopic (exact) mass is 265 g/mol. The molecule has 0 saturated heterocycles. The molecule has 0 saturated carbocycles. The van der Waals surface area contributed by atoms with Gasteiger partial charge >= 0.3 is 0 Å². The summed E-state index contributed by atoms with van der Waals surface area (Å²) in [6.45, 7) is 5.58. The zero-order chi connectivity index (χ0) is 13.9. The fourth-order valence-electron chi connectivity index (χ4n) is 2.00. The highest BCUT2D eigenvalue weighted by atomic mass is 16.5. The Hall–Kier alpha value is -1.38. The number of rotatable bonds is 10. The predicted octanol–water partition coefficient (Wildman–Crippen LogP) is 4.41. The zero-order valence-electron chi connectivity index (χ0n) is 12.3. The molecule has 3 nitrogen and oxygen atoms in total. The minimum absolute atomic E-state index is 0.639. The molecule has 2 N–H and O–H groups in total. The summed E-state index contributed by atoms with van der Waals surface area (Å²) in [5, 5.41) is 0. The van der Waals surface area contributed by atoms with Crippen molar-refractivity contribution < 1.29 is 9.47 Å². The minimum atomic E-state index is 0.639. The molecule has 0 aromatic heterocycles. The van der Waals surface area contributed by atoms with Crippen molar-refractivity contribution in [2.24, 2.45) is 0 Å². The van der Waals surface area contributed by atoms with Crippen LogP contribution in [0.4, 0.5) is 5.69 Å². The van der Waals surface area contributed by atoms with Crippen molar-refractivity contribution in [3.05, 3.63) is 18.2 Å². The Balaban J connectivity index is 2.25. The van der Waals surface area contributed by atoms with E-state index in [4.69, 9.17) is 15.2 Å². The summed E-state index contributed by atoms with van der Waals surface area (Å²) in [7, 11) is 0.